The van der Waals surface area contributed by atoms with Gasteiger partial charge in [0, 0.05) is 13.1 Å². The molecule has 1 N–H and O–H groups in total. The van der Waals surface area contributed by atoms with E-state index in [1.807, 2.05) is 39.0 Å². The Morgan fingerprint density at radius 3 is 2.25 bits per heavy atom. The summed E-state index contributed by atoms with van der Waals surface area (Å²) in [5.41, 5.74) is 1.87. The van der Waals surface area contributed by atoms with Crippen molar-refractivity contribution in [1.82, 2.24) is 10.2 Å². The van der Waals surface area contributed by atoms with Crippen molar-refractivity contribution in [2.75, 3.05) is 24.5 Å². The summed E-state index contributed by atoms with van der Waals surface area (Å²) in [6.07, 6.45) is 0.357. The monoisotopic (exact) mass is 565 g/mol. The van der Waals surface area contributed by atoms with Gasteiger partial charge in [-0.2, -0.15) is 0 Å². The molecule has 0 radical (unpaired) electrons. The van der Waals surface area contributed by atoms with E-state index >= 15 is 0 Å². The SMILES string of the molecule is CCC(C(=O)NCC(C)C)N(Cc1cccc(OC)c1)C(=O)CN(c1ccccc1C)S(=O)(=O)c1ccccc1. The molecule has 0 aliphatic heterocycles. The van der Waals surface area contributed by atoms with Crippen LogP contribution in [0, 0.1) is 12.8 Å². The Morgan fingerprint density at radius 2 is 1.62 bits per heavy atom. The van der Waals surface area contributed by atoms with Crippen molar-refractivity contribution in [3.63, 3.8) is 0 Å². The van der Waals surface area contributed by atoms with E-state index in [2.05, 4.69) is 5.32 Å². The highest BCUT2D eigenvalue weighted by Gasteiger charge is 2.34. The van der Waals surface area contributed by atoms with Gasteiger partial charge in [0.15, 0.2) is 0 Å². The fourth-order valence-electron chi connectivity index (χ4n) is 4.39. The lowest BCUT2D eigenvalue weighted by Crippen LogP contribution is -2.52. The van der Waals surface area contributed by atoms with Crippen molar-refractivity contribution in [2.24, 2.45) is 5.92 Å². The number of carbonyl (C=O) groups excluding carboxylic acids is 2. The molecule has 3 aromatic carbocycles. The van der Waals surface area contributed by atoms with Gasteiger partial charge in [-0.25, -0.2) is 8.42 Å². The summed E-state index contributed by atoms with van der Waals surface area (Å²) in [6.45, 7) is 7.73. The first-order chi connectivity index (χ1) is 19.1. The Labute approximate surface area is 238 Å². The van der Waals surface area contributed by atoms with Crippen LogP contribution < -0.4 is 14.4 Å². The van der Waals surface area contributed by atoms with E-state index in [4.69, 9.17) is 4.74 Å². The lowest BCUT2D eigenvalue weighted by atomic mass is 10.1. The molecule has 3 aromatic rings. The average Bonchev–Trinajstić information content (AvgIpc) is 2.95. The third kappa shape index (κ3) is 7.63. The van der Waals surface area contributed by atoms with Crippen LogP contribution in [-0.4, -0.2) is 51.4 Å². The van der Waals surface area contributed by atoms with Gasteiger partial charge in [0.2, 0.25) is 11.8 Å². The maximum absolute atomic E-state index is 14.1. The molecule has 40 heavy (non-hydrogen) atoms. The molecule has 0 saturated carbocycles. The van der Waals surface area contributed by atoms with Gasteiger partial charge in [0.05, 0.1) is 17.7 Å². The molecule has 0 aliphatic carbocycles. The molecule has 0 spiro atoms. The second-order valence-electron chi connectivity index (χ2n) is 10.0. The summed E-state index contributed by atoms with van der Waals surface area (Å²) in [7, 11) is -2.54. The number of anilines is 1. The van der Waals surface area contributed by atoms with Crippen molar-refractivity contribution < 1.29 is 22.7 Å². The first-order valence-electron chi connectivity index (χ1n) is 13.4. The highest BCUT2D eigenvalue weighted by atomic mass is 32.2. The third-order valence-corrected chi connectivity index (χ3v) is 8.33. The van der Waals surface area contributed by atoms with E-state index in [0.717, 1.165) is 9.87 Å². The quantitative estimate of drug-likeness (QED) is 0.322. The van der Waals surface area contributed by atoms with Gasteiger partial charge in [-0.05, 0) is 60.7 Å². The predicted molar refractivity (Wildman–Crippen MR) is 158 cm³/mol. The Morgan fingerprint density at radius 1 is 0.950 bits per heavy atom. The zero-order chi connectivity index (χ0) is 29.3. The van der Waals surface area contributed by atoms with E-state index in [-0.39, 0.29) is 23.3 Å². The van der Waals surface area contributed by atoms with Crippen LogP contribution in [0.2, 0.25) is 0 Å². The summed E-state index contributed by atoms with van der Waals surface area (Å²) < 4.78 is 34.3. The van der Waals surface area contributed by atoms with Crippen LogP contribution in [0.15, 0.2) is 83.8 Å². The van der Waals surface area contributed by atoms with Crippen molar-refractivity contribution in [3.8, 4) is 5.75 Å². The number of ether oxygens (including phenoxy) is 1. The third-order valence-electron chi connectivity index (χ3n) is 6.55. The fraction of sp³-hybridized carbons (Fsp3) is 0.355. The molecule has 3 rings (SSSR count). The van der Waals surface area contributed by atoms with E-state index in [0.29, 0.717) is 30.0 Å². The molecular formula is C31H39N3O5S. The summed E-state index contributed by atoms with van der Waals surface area (Å²) in [5.74, 6) is 0.0879. The number of methoxy groups -OCH3 is 1. The Balaban J connectivity index is 2.06. The van der Waals surface area contributed by atoms with Crippen LogP contribution in [-0.2, 0) is 26.2 Å². The standard InChI is InChI=1S/C31H39N3O5S/c1-6-28(31(36)32-20-23(2)3)33(21-25-14-12-15-26(19-25)39-5)30(35)22-34(29-18-11-10-13-24(29)4)40(37,38)27-16-8-7-9-17-27/h7-19,23,28H,6,20-22H2,1-5H3,(H,32,36). The van der Waals surface area contributed by atoms with Crippen LogP contribution >= 0.6 is 0 Å². The largest absolute Gasteiger partial charge is 0.497 e. The highest BCUT2D eigenvalue weighted by molar-refractivity contribution is 7.92. The van der Waals surface area contributed by atoms with Crippen molar-refractivity contribution in [1.29, 1.82) is 0 Å². The molecule has 0 aromatic heterocycles. The number of para-hydroxylation sites is 1. The van der Waals surface area contributed by atoms with Crippen LogP contribution in [0.1, 0.15) is 38.3 Å². The lowest BCUT2D eigenvalue weighted by molar-refractivity contribution is -0.140. The molecule has 0 heterocycles. The number of nitrogens with zero attached hydrogens (tertiary/aromatic N) is 2. The summed E-state index contributed by atoms with van der Waals surface area (Å²) in [6, 6.07) is 21.6. The van der Waals surface area contributed by atoms with E-state index in [1.54, 1.807) is 62.6 Å². The van der Waals surface area contributed by atoms with Gasteiger partial charge < -0.3 is 15.0 Å². The topological polar surface area (TPSA) is 96.0 Å². The molecule has 0 aliphatic rings. The Hall–Kier alpha value is -3.85. The second kappa shape index (κ2) is 14.0. The Bertz CT molecular complexity index is 1390. The second-order valence-corrected chi connectivity index (χ2v) is 11.9. The maximum Gasteiger partial charge on any atom is 0.264 e. The molecule has 214 valence electrons. The number of nitrogens with one attached hydrogen (secondary N) is 1. The maximum atomic E-state index is 14.1. The molecule has 0 fully saturated rings. The molecule has 9 heteroatoms. The first-order valence-corrected chi connectivity index (χ1v) is 14.9. The van der Waals surface area contributed by atoms with Crippen molar-refractivity contribution >= 4 is 27.5 Å². The number of carbonyl (C=O) groups is 2. The first kappa shape index (κ1) is 30.7. The number of hydrogen-bond acceptors (Lipinski definition) is 5. The number of aryl methyl sites for hydroxylation is 1. The van der Waals surface area contributed by atoms with E-state index in [1.165, 1.54) is 17.0 Å². The van der Waals surface area contributed by atoms with Gasteiger partial charge in [-0.15, -0.1) is 0 Å². The van der Waals surface area contributed by atoms with Crippen molar-refractivity contribution in [3.05, 3.63) is 90.0 Å². The number of hydrogen-bond donors (Lipinski definition) is 1. The zero-order valence-corrected chi connectivity index (χ0v) is 24.6. The van der Waals surface area contributed by atoms with Crippen LogP contribution in [0.25, 0.3) is 0 Å². The molecule has 0 bridgehead atoms. The fourth-order valence-corrected chi connectivity index (χ4v) is 5.89. The van der Waals surface area contributed by atoms with Crippen molar-refractivity contribution in [2.45, 2.75) is 51.6 Å². The van der Waals surface area contributed by atoms with Gasteiger partial charge in [-0.3, -0.25) is 13.9 Å². The Kier molecular flexibility index (Phi) is 10.7. The van der Waals surface area contributed by atoms with E-state index < -0.39 is 28.5 Å². The normalized spacial score (nSPS) is 12.1. The van der Waals surface area contributed by atoms with Crippen LogP contribution in [0.3, 0.4) is 0 Å². The number of amides is 2. The number of benzene rings is 3. The smallest absolute Gasteiger partial charge is 0.264 e. The molecule has 1 unspecified atom stereocenters. The van der Waals surface area contributed by atoms with Crippen LogP contribution in [0.4, 0.5) is 5.69 Å². The van der Waals surface area contributed by atoms with Gasteiger partial charge >= 0.3 is 0 Å². The molecule has 1 atom stereocenters. The minimum Gasteiger partial charge on any atom is -0.497 e. The molecule has 0 saturated heterocycles. The van der Waals surface area contributed by atoms with Gasteiger partial charge in [0.25, 0.3) is 10.0 Å². The van der Waals surface area contributed by atoms with E-state index in [9.17, 15) is 18.0 Å². The summed E-state index contributed by atoms with van der Waals surface area (Å²) in [4.78, 5) is 29.0. The van der Waals surface area contributed by atoms with Gasteiger partial charge in [0.1, 0.15) is 18.3 Å². The molecule has 8 nitrogen and oxygen atoms in total. The highest BCUT2D eigenvalue weighted by Crippen LogP contribution is 2.27. The lowest BCUT2D eigenvalue weighted by Gasteiger charge is -2.33. The average molecular weight is 566 g/mol. The number of rotatable bonds is 13. The molecule has 2 amide bonds. The minimum atomic E-state index is -4.10. The minimum absolute atomic E-state index is 0.0760. The van der Waals surface area contributed by atoms with Crippen LogP contribution in [0.5, 0.6) is 5.75 Å². The summed E-state index contributed by atoms with van der Waals surface area (Å²) in [5, 5.41) is 2.94. The van der Waals surface area contributed by atoms with Gasteiger partial charge in [-0.1, -0.05) is 69.3 Å². The predicted octanol–water partition coefficient (Wildman–Crippen LogP) is 4.78. The molecular weight excluding hydrogens is 526 g/mol. The zero-order valence-electron chi connectivity index (χ0n) is 23.8. The summed E-state index contributed by atoms with van der Waals surface area (Å²) >= 11 is 0. The number of sulfonamides is 1.